The van der Waals surface area contributed by atoms with E-state index in [9.17, 15) is 0 Å². The number of anilines is 1. The lowest BCUT2D eigenvalue weighted by atomic mass is 10.1. The van der Waals surface area contributed by atoms with Crippen molar-refractivity contribution in [3.8, 4) is 0 Å². The first kappa shape index (κ1) is 14.4. The molecule has 1 aromatic carbocycles. The summed E-state index contributed by atoms with van der Waals surface area (Å²) in [4.78, 5) is 2.33. The van der Waals surface area contributed by atoms with Crippen molar-refractivity contribution in [2.45, 2.75) is 39.0 Å². The molecule has 0 aliphatic heterocycles. The van der Waals surface area contributed by atoms with Gasteiger partial charge in [-0.1, -0.05) is 31.9 Å². The van der Waals surface area contributed by atoms with Gasteiger partial charge >= 0.3 is 0 Å². The summed E-state index contributed by atoms with van der Waals surface area (Å²) >= 11 is 5.66. The molecule has 1 rings (SSSR count). The topological polar surface area (TPSA) is 3.24 Å². The molecule has 0 saturated heterocycles. The van der Waals surface area contributed by atoms with Crippen molar-refractivity contribution >= 4 is 17.3 Å². The zero-order valence-electron chi connectivity index (χ0n) is 11.1. The third-order valence-corrected chi connectivity index (χ3v) is 3.43. The summed E-state index contributed by atoms with van der Waals surface area (Å²) in [5.74, 6) is 0.800. The molecule has 17 heavy (non-hydrogen) atoms. The molecule has 0 saturated carbocycles. The predicted octanol–water partition coefficient (Wildman–Crippen LogP) is 4.48. The van der Waals surface area contributed by atoms with Gasteiger partial charge in [0.1, 0.15) is 0 Å². The quantitative estimate of drug-likeness (QED) is 0.488. The van der Waals surface area contributed by atoms with Gasteiger partial charge in [0.05, 0.1) is 0 Å². The number of halogens is 1. The van der Waals surface area contributed by atoms with E-state index in [0.29, 0.717) is 0 Å². The van der Waals surface area contributed by atoms with Gasteiger partial charge in [-0.2, -0.15) is 0 Å². The third-order valence-electron chi connectivity index (χ3n) is 3.16. The van der Waals surface area contributed by atoms with E-state index in [0.717, 1.165) is 25.3 Å². The molecule has 1 aromatic rings. The SMILES string of the molecule is CCc1ccc(N(C)CCCCCCCl)cc1. The second kappa shape index (κ2) is 8.41. The third kappa shape index (κ3) is 5.45. The van der Waals surface area contributed by atoms with E-state index < -0.39 is 0 Å². The van der Waals surface area contributed by atoms with Gasteiger partial charge in [-0.3, -0.25) is 0 Å². The molecule has 0 spiro atoms. The van der Waals surface area contributed by atoms with Crippen LogP contribution in [-0.2, 0) is 6.42 Å². The van der Waals surface area contributed by atoms with Gasteiger partial charge in [0, 0.05) is 25.2 Å². The Morgan fingerprint density at radius 3 is 2.24 bits per heavy atom. The molecule has 0 bridgehead atoms. The van der Waals surface area contributed by atoms with E-state index in [2.05, 4.69) is 43.1 Å². The van der Waals surface area contributed by atoms with Crippen LogP contribution in [0.5, 0.6) is 0 Å². The van der Waals surface area contributed by atoms with Crippen molar-refractivity contribution in [1.29, 1.82) is 0 Å². The monoisotopic (exact) mass is 253 g/mol. The van der Waals surface area contributed by atoms with Crippen LogP contribution in [0.2, 0.25) is 0 Å². The molecule has 0 unspecified atom stereocenters. The molecule has 0 N–H and O–H groups in total. The number of rotatable bonds is 8. The molecule has 0 aliphatic rings. The van der Waals surface area contributed by atoms with Crippen molar-refractivity contribution in [2.24, 2.45) is 0 Å². The highest BCUT2D eigenvalue weighted by molar-refractivity contribution is 6.17. The smallest absolute Gasteiger partial charge is 0.0363 e. The Bertz CT molecular complexity index is 294. The van der Waals surface area contributed by atoms with Crippen LogP contribution >= 0.6 is 11.6 Å². The zero-order valence-corrected chi connectivity index (χ0v) is 11.8. The molecule has 0 amide bonds. The number of alkyl halides is 1. The van der Waals surface area contributed by atoms with Crippen LogP contribution in [-0.4, -0.2) is 19.5 Å². The average molecular weight is 254 g/mol. The number of unbranched alkanes of at least 4 members (excludes halogenated alkanes) is 3. The van der Waals surface area contributed by atoms with E-state index >= 15 is 0 Å². The lowest BCUT2D eigenvalue weighted by Crippen LogP contribution is -2.18. The van der Waals surface area contributed by atoms with Gasteiger partial charge in [0.15, 0.2) is 0 Å². The fourth-order valence-corrected chi connectivity index (χ4v) is 2.10. The maximum Gasteiger partial charge on any atom is 0.0363 e. The van der Waals surface area contributed by atoms with Crippen molar-refractivity contribution < 1.29 is 0 Å². The maximum absolute atomic E-state index is 5.66. The maximum atomic E-state index is 5.66. The highest BCUT2D eigenvalue weighted by Gasteiger charge is 2.00. The largest absolute Gasteiger partial charge is 0.375 e. The van der Waals surface area contributed by atoms with Crippen molar-refractivity contribution in [3.05, 3.63) is 29.8 Å². The van der Waals surface area contributed by atoms with Crippen LogP contribution in [0, 0.1) is 0 Å². The van der Waals surface area contributed by atoms with Gasteiger partial charge < -0.3 is 4.90 Å². The zero-order chi connectivity index (χ0) is 12.5. The van der Waals surface area contributed by atoms with Gasteiger partial charge in [0.25, 0.3) is 0 Å². The lowest BCUT2D eigenvalue weighted by Gasteiger charge is -2.19. The van der Waals surface area contributed by atoms with Crippen LogP contribution in [0.3, 0.4) is 0 Å². The van der Waals surface area contributed by atoms with E-state index in [1.807, 2.05) is 0 Å². The standard InChI is InChI=1S/C15H24ClN/c1-3-14-8-10-15(11-9-14)17(2)13-7-5-4-6-12-16/h8-11H,3-7,12-13H2,1-2H3. The van der Waals surface area contributed by atoms with E-state index in [1.54, 1.807) is 0 Å². The predicted molar refractivity (Wildman–Crippen MR) is 78.3 cm³/mol. The molecular weight excluding hydrogens is 230 g/mol. The Balaban J connectivity index is 2.28. The Morgan fingerprint density at radius 1 is 1.00 bits per heavy atom. The van der Waals surface area contributed by atoms with Crippen molar-refractivity contribution in [1.82, 2.24) is 0 Å². The first-order chi connectivity index (χ1) is 8.27. The highest BCUT2D eigenvalue weighted by atomic mass is 35.5. The minimum Gasteiger partial charge on any atom is -0.375 e. The molecule has 0 aromatic heterocycles. The summed E-state index contributed by atoms with van der Waals surface area (Å²) in [5.41, 5.74) is 2.73. The molecule has 0 heterocycles. The van der Waals surface area contributed by atoms with Crippen molar-refractivity contribution in [2.75, 3.05) is 24.4 Å². The number of hydrogen-bond acceptors (Lipinski definition) is 1. The normalized spacial score (nSPS) is 10.5. The lowest BCUT2D eigenvalue weighted by molar-refractivity contribution is 0.663. The van der Waals surface area contributed by atoms with E-state index in [4.69, 9.17) is 11.6 Å². The Labute approximate surface area is 111 Å². The minimum absolute atomic E-state index is 0.800. The molecule has 0 radical (unpaired) electrons. The molecule has 0 aliphatic carbocycles. The molecule has 2 heteroatoms. The Morgan fingerprint density at radius 2 is 1.65 bits per heavy atom. The summed E-state index contributed by atoms with van der Waals surface area (Å²) in [6.07, 6.45) is 6.05. The second-order valence-corrected chi connectivity index (χ2v) is 4.92. The number of aryl methyl sites for hydroxylation is 1. The molecular formula is C15H24ClN. The van der Waals surface area contributed by atoms with E-state index in [1.165, 1.54) is 30.5 Å². The fraction of sp³-hybridized carbons (Fsp3) is 0.600. The van der Waals surface area contributed by atoms with Crippen LogP contribution in [0.15, 0.2) is 24.3 Å². The minimum atomic E-state index is 0.800. The second-order valence-electron chi connectivity index (χ2n) is 4.54. The van der Waals surface area contributed by atoms with Crippen LogP contribution in [0.4, 0.5) is 5.69 Å². The van der Waals surface area contributed by atoms with Crippen LogP contribution < -0.4 is 4.90 Å². The first-order valence-electron chi connectivity index (χ1n) is 6.64. The Kier molecular flexibility index (Phi) is 7.11. The van der Waals surface area contributed by atoms with E-state index in [-0.39, 0.29) is 0 Å². The summed E-state index contributed by atoms with van der Waals surface area (Å²) in [6.45, 7) is 3.32. The van der Waals surface area contributed by atoms with Gasteiger partial charge in [0.2, 0.25) is 0 Å². The average Bonchev–Trinajstić information content (AvgIpc) is 2.38. The van der Waals surface area contributed by atoms with Gasteiger partial charge in [-0.05, 0) is 37.0 Å². The van der Waals surface area contributed by atoms with Crippen LogP contribution in [0.1, 0.15) is 38.2 Å². The Hall–Kier alpha value is -0.690. The summed E-state index contributed by atoms with van der Waals surface area (Å²) in [5, 5.41) is 0. The molecule has 0 fully saturated rings. The number of hydrogen-bond donors (Lipinski definition) is 0. The first-order valence-corrected chi connectivity index (χ1v) is 7.17. The fourth-order valence-electron chi connectivity index (χ4n) is 1.91. The van der Waals surface area contributed by atoms with Crippen molar-refractivity contribution in [3.63, 3.8) is 0 Å². The van der Waals surface area contributed by atoms with Gasteiger partial charge in [-0.15, -0.1) is 11.6 Å². The molecule has 96 valence electrons. The summed E-state index contributed by atoms with van der Waals surface area (Å²) in [7, 11) is 2.17. The van der Waals surface area contributed by atoms with Gasteiger partial charge in [-0.25, -0.2) is 0 Å². The number of nitrogens with zero attached hydrogens (tertiary/aromatic N) is 1. The summed E-state index contributed by atoms with van der Waals surface area (Å²) in [6, 6.07) is 8.88. The summed E-state index contributed by atoms with van der Waals surface area (Å²) < 4.78 is 0. The number of benzene rings is 1. The molecule has 1 nitrogen and oxygen atoms in total. The highest BCUT2D eigenvalue weighted by Crippen LogP contribution is 2.15. The van der Waals surface area contributed by atoms with Crippen LogP contribution in [0.25, 0.3) is 0 Å². The molecule has 0 atom stereocenters.